The maximum absolute atomic E-state index is 11.1. The zero-order chi connectivity index (χ0) is 13.1. The minimum absolute atomic E-state index is 0.262. The molecule has 0 radical (unpaired) electrons. The molecule has 2 atom stereocenters. The molecule has 1 saturated heterocycles. The van der Waals surface area contributed by atoms with Gasteiger partial charge < -0.3 is 21.5 Å². The third-order valence-electron chi connectivity index (χ3n) is 3.43. The zero-order valence-electron chi connectivity index (χ0n) is 10.5. The molecule has 0 saturated carbocycles. The van der Waals surface area contributed by atoms with Crippen LogP contribution in [0.2, 0.25) is 0 Å². The Labute approximate surface area is 106 Å². The van der Waals surface area contributed by atoms with Crippen LogP contribution in [0.1, 0.15) is 23.7 Å². The smallest absolute Gasteiger partial charge is 0.248 e. The lowest BCUT2D eigenvalue weighted by molar-refractivity contribution is 0.1000. The maximum atomic E-state index is 11.1. The highest BCUT2D eigenvalue weighted by Crippen LogP contribution is 2.24. The molecule has 1 aliphatic rings. The SMILES string of the molecule is CC1OCCC1CNc1cc(C(N)=O)ccc1N. The second-order valence-electron chi connectivity index (χ2n) is 4.67. The molecule has 0 bridgehead atoms. The molecule has 5 heteroatoms. The van der Waals surface area contributed by atoms with Gasteiger partial charge >= 0.3 is 0 Å². The van der Waals surface area contributed by atoms with Crippen LogP contribution < -0.4 is 16.8 Å². The fraction of sp³-hybridized carbons (Fsp3) is 0.462. The molecule has 0 spiro atoms. The molecule has 5 nitrogen and oxygen atoms in total. The fourth-order valence-corrected chi connectivity index (χ4v) is 2.15. The van der Waals surface area contributed by atoms with Crippen molar-refractivity contribution in [1.29, 1.82) is 0 Å². The highest BCUT2D eigenvalue weighted by molar-refractivity contribution is 5.94. The van der Waals surface area contributed by atoms with Gasteiger partial charge in [-0.3, -0.25) is 4.79 Å². The first-order chi connectivity index (χ1) is 8.58. The number of nitrogens with two attached hydrogens (primary N) is 2. The molecule has 1 aliphatic heterocycles. The number of carbonyl (C=O) groups is 1. The van der Waals surface area contributed by atoms with E-state index in [1.807, 2.05) is 0 Å². The lowest BCUT2D eigenvalue weighted by Gasteiger charge is -2.17. The Balaban J connectivity index is 2.04. The zero-order valence-corrected chi connectivity index (χ0v) is 10.5. The predicted octanol–water partition coefficient (Wildman–Crippen LogP) is 1.20. The third kappa shape index (κ3) is 2.73. The van der Waals surface area contributed by atoms with E-state index in [0.29, 0.717) is 17.2 Å². The van der Waals surface area contributed by atoms with Gasteiger partial charge in [-0.15, -0.1) is 0 Å². The number of nitrogens with one attached hydrogen (secondary N) is 1. The van der Waals surface area contributed by atoms with E-state index in [9.17, 15) is 4.79 Å². The van der Waals surface area contributed by atoms with Gasteiger partial charge in [-0.05, 0) is 31.5 Å². The average molecular weight is 249 g/mol. The minimum atomic E-state index is -0.449. The van der Waals surface area contributed by atoms with Crippen molar-refractivity contribution in [2.24, 2.45) is 11.7 Å². The summed E-state index contributed by atoms with van der Waals surface area (Å²) in [5.74, 6) is 0.0252. The number of benzene rings is 1. The van der Waals surface area contributed by atoms with Gasteiger partial charge in [0.2, 0.25) is 5.91 Å². The summed E-state index contributed by atoms with van der Waals surface area (Å²) >= 11 is 0. The molecule has 1 aromatic rings. The van der Waals surface area contributed by atoms with Crippen molar-refractivity contribution >= 4 is 17.3 Å². The summed E-state index contributed by atoms with van der Waals surface area (Å²) in [5.41, 5.74) is 12.9. The predicted molar refractivity (Wildman–Crippen MR) is 71.4 cm³/mol. The molecule has 0 aliphatic carbocycles. The third-order valence-corrected chi connectivity index (χ3v) is 3.43. The van der Waals surface area contributed by atoms with Crippen LogP contribution in [0.3, 0.4) is 0 Å². The van der Waals surface area contributed by atoms with E-state index in [1.165, 1.54) is 0 Å². The largest absolute Gasteiger partial charge is 0.397 e. The fourth-order valence-electron chi connectivity index (χ4n) is 2.15. The van der Waals surface area contributed by atoms with E-state index >= 15 is 0 Å². The second kappa shape index (κ2) is 5.27. The average Bonchev–Trinajstić information content (AvgIpc) is 2.73. The van der Waals surface area contributed by atoms with Gasteiger partial charge in [-0.2, -0.15) is 0 Å². The van der Waals surface area contributed by atoms with Crippen LogP contribution >= 0.6 is 0 Å². The number of rotatable bonds is 4. The van der Waals surface area contributed by atoms with Crippen molar-refractivity contribution in [3.8, 4) is 0 Å². The normalized spacial score (nSPS) is 22.9. The van der Waals surface area contributed by atoms with Crippen molar-refractivity contribution in [3.05, 3.63) is 23.8 Å². The first-order valence-electron chi connectivity index (χ1n) is 6.12. The standard InChI is InChI=1S/C13H19N3O2/c1-8-10(4-5-18-8)7-16-12-6-9(13(15)17)2-3-11(12)14/h2-3,6,8,10,16H,4-5,7,14H2,1H3,(H2,15,17). The number of hydrogen-bond acceptors (Lipinski definition) is 4. The molecule has 1 amide bonds. The number of primary amides is 1. The summed E-state index contributed by atoms with van der Waals surface area (Å²) < 4.78 is 5.50. The molecule has 1 fully saturated rings. The molecule has 1 heterocycles. The van der Waals surface area contributed by atoms with Crippen molar-refractivity contribution in [2.75, 3.05) is 24.2 Å². The Bertz CT molecular complexity index is 448. The van der Waals surface area contributed by atoms with Gasteiger partial charge in [0.15, 0.2) is 0 Å². The molecule has 5 N–H and O–H groups in total. The Hall–Kier alpha value is -1.75. The van der Waals surface area contributed by atoms with Crippen molar-refractivity contribution in [1.82, 2.24) is 0 Å². The lowest BCUT2D eigenvalue weighted by Crippen LogP contribution is -2.21. The number of amides is 1. The summed E-state index contributed by atoms with van der Waals surface area (Å²) in [6.45, 7) is 3.67. The van der Waals surface area contributed by atoms with E-state index in [4.69, 9.17) is 16.2 Å². The number of carbonyl (C=O) groups excluding carboxylic acids is 1. The van der Waals surface area contributed by atoms with E-state index < -0.39 is 5.91 Å². The van der Waals surface area contributed by atoms with Crippen molar-refractivity contribution < 1.29 is 9.53 Å². The van der Waals surface area contributed by atoms with Crippen LogP contribution in [0.5, 0.6) is 0 Å². The highest BCUT2D eigenvalue weighted by Gasteiger charge is 2.23. The summed E-state index contributed by atoms with van der Waals surface area (Å²) in [5, 5.41) is 3.27. The molecular weight excluding hydrogens is 230 g/mol. The topological polar surface area (TPSA) is 90.4 Å². The molecule has 98 valence electrons. The summed E-state index contributed by atoms with van der Waals surface area (Å²) in [7, 11) is 0. The van der Waals surface area contributed by atoms with Crippen LogP contribution in [0.4, 0.5) is 11.4 Å². The first kappa shape index (κ1) is 12.7. The van der Waals surface area contributed by atoms with E-state index in [1.54, 1.807) is 18.2 Å². The molecule has 2 unspecified atom stereocenters. The molecule has 2 rings (SSSR count). The number of nitrogen functional groups attached to an aromatic ring is 1. The maximum Gasteiger partial charge on any atom is 0.248 e. The van der Waals surface area contributed by atoms with E-state index in [0.717, 1.165) is 25.3 Å². The molecule has 18 heavy (non-hydrogen) atoms. The lowest BCUT2D eigenvalue weighted by atomic mass is 10.0. The van der Waals surface area contributed by atoms with Crippen molar-refractivity contribution in [3.63, 3.8) is 0 Å². The summed E-state index contributed by atoms with van der Waals surface area (Å²) in [4.78, 5) is 11.1. The molecular formula is C13H19N3O2. The number of ether oxygens (including phenoxy) is 1. The van der Waals surface area contributed by atoms with E-state index in [-0.39, 0.29) is 6.10 Å². The van der Waals surface area contributed by atoms with E-state index in [2.05, 4.69) is 12.2 Å². The van der Waals surface area contributed by atoms with Gasteiger partial charge in [-0.25, -0.2) is 0 Å². The van der Waals surface area contributed by atoms with Crippen LogP contribution in [-0.4, -0.2) is 25.2 Å². The minimum Gasteiger partial charge on any atom is -0.397 e. The van der Waals surface area contributed by atoms with Crippen LogP contribution in [0.25, 0.3) is 0 Å². The monoisotopic (exact) mass is 249 g/mol. The van der Waals surface area contributed by atoms with Crippen LogP contribution in [0, 0.1) is 5.92 Å². The van der Waals surface area contributed by atoms with Crippen LogP contribution in [0.15, 0.2) is 18.2 Å². The number of hydrogen-bond donors (Lipinski definition) is 3. The Morgan fingerprint density at radius 1 is 1.56 bits per heavy atom. The number of anilines is 2. The molecule has 0 aromatic heterocycles. The second-order valence-corrected chi connectivity index (χ2v) is 4.67. The summed E-state index contributed by atoms with van der Waals surface area (Å²) in [6.07, 6.45) is 1.31. The summed E-state index contributed by atoms with van der Waals surface area (Å²) in [6, 6.07) is 5.01. The van der Waals surface area contributed by atoms with Gasteiger partial charge in [0.1, 0.15) is 0 Å². The highest BCUT2D eigenvalue weighted by atomic mass is 16.5. The Morgan fingerprint density at radius 2 is 2.33 bits per heavy atom. The Kier molecular flexibility index (Phi) is 3.72. The quantitative estimate of drug-likeness (QED) is 0.699. The first-order valence-corrected chi connectivity index (χ1v) is 6.12. The Morgan fingerprint density at radius 3 is 2.94 bits per heavy atom. The van der Waals surface area contributed by atoms with Gasteiger partial charge in [0, 0.05) is 24.6 Å². The van der Waals surface area contributed by atoms with Gasteiger partial charge in [0.05, 0.1) is 17.5 Å². The molecule has 1 aromatic carbocycles. The van der Waals surface area contributed by atoms with Crippen molar-refractivity contribution in [2.45, 2.75) is 19.4 Å². The van der Waals surface area contributed by atoms with Crippen LogP contribution in [-0.2, 0) is 4.74 Å². The van der Waals surface area contributed by atoms with Gasteiger partial charge in [0.25, 0.3) is 0 Å². The van der Waals surface area contributed by atoms with Gasteiger partial charge in [-0.1, -0.05) is 0 Å².